The molecule has 6 aromatic rings. The van der Waals surface area contributed by atoms with E-state index in [0.717, 1.165) is 0 Å². The summed E-state index contributed by atoms with van der Waals surface area (Å²) in [5, 5.41) is 26.9. The summed E-state index contributed by atoms with van der Waals surface area (Å²) in [5.41, 5.74) is 1.15. The molecule has 0 aliphatic carbocycles. The minimum atomic E-state index is -0.434. The van der Waals surface area contributed by atoms with Gasteiger partial charge in [-0.2, -0.15) is 15.0 Å². The molecule has 0 atom stereocenters. The number of hydrogen-bond donors (Lipinski definition) is 1. The molecule has 41 heavy (non-hydrogen) atoms. The third-order valence-corrected chi connectivity index (χ3v) is 5.83. The molecule has 0 fully saturated rings. The van der Waals surface area contributed by atoms with Crippen molar-refractivity contribution in [3.63, 3.8) is 0 Å². The van der Waals surface area contributed by atoms with Crippen molar-refractivity contribution < 1.29 is 9.53 Å². The highest BCUT2D eigenvalue weighted by molar-refractivity contribution is 6.16. The number of nitrogens with zero attached hydrogens (tertiary/aromatic N) is 9. The maximum atomic E-state index is 13.8. The molecule has 0 spiro atoms. The Kier molecular flexibility index (Phi) is 6.80. The van der Waals surface area contributed by atoms with E-state index in [9.17, 15) is 10.1 Å². The van der Waals surface area contributed by atoms with Gasteiger partial charge in [0.2, 0.25) is 0 Å². The fourth-order valence-corrected chi connectivity index (χ4v) is 4.03. The first kappa shape index (κ1) is 25.0. The third kappa shape index (κ3) is 5.18. The SMILES string of the molecule is N#Cc1cnn(-c2ncccn2)c1N=Nc1cc2ccccc2c(C(=O)Nc2ccccc2)c1Oc1ncccn1. The second-order valence-electron chi connectivity index (χ2n) is 8.43. The quantitative estimate of drug-likeness (QED) is 0.245. The van der Waals surface area contributed by atoms with Crippen LogP contribution in [0.5, 0.6) is 11.8 Å². The molecular weight excluding hydrogens is 520 g/mol. The van der Waals surface area contributed by atoms with E-state index in [1.165, 1.54) is 23.3 Å². The lowest BCUT2D eigenvalue weighted by Crippen LogP contribution is -2.14. The van der Waals surface area contributed by atoms with Gasteiger partial charge in [-0.05, 0) is 41.1 Å². The number of benzene rings is 3. The van der Waals surface area contributed by atoms with Crippen LogP contribution in [0.4, 0.5) is 17.2 Å². The number of amides is 1. The van der Waals surface area contributed by atoms with Crippen molar-refractivity contribution in [3.05, 3.63) is 115 Å². The molecule has 3 heterocycles. The minimum Gasteiger partial charge on any atom is -0.421 e. The number of para-hydroxylation sites is 1. The van der Waals surface area contributed by atoms with Crippen LogP contribution in [0.15, 0.2) is 114 Å². The van der Waals surface area contributed by atoms with Crippen LogP contribution in [0, 0.1) is 11.3 Å². The number of anilines is 1. The summed E-state index contributed by atoms with van der Waals surface area (Å²) in [6.07, 6.45) is 7.48. The van der Waals surface area contributed by atoms with Gasteiger partial charge in [-0.3, -0.25) is 4.79 Å². The van der Waals surface area contributed by atoms with Crippen LogP contribution in [0.25, 0.3) is 16.7 Å². The number of azo groups is 1. The van der Waals surface area contributed by atoms with E-state index in [-0.39, 0.29) is 40.3 Å². The van der Waals surface area contributed by atoms with Crippen LogP contribution in [-0.2, 0) is 0 Å². The summed E-state index contributed by atoms with van der Waals surface area (Å²) < 4.78 is 7.40. The first-order chi connectivity index (χ1) is 20.2. The molecule has 12 nitrogen and oxygen atoms in total. The highest BCUT2D eigenvalue weighted by Gasteiger charge is 2.23. The first-order valence-corrected chi connectivity index (χ1v) is 12.3. The molecule has 0 aliphatic rings. The zero-order valence-corrected chi connectivity index (χ0v) is 21.2. The predicted molar refractivity (Wildman–Crippen MR) is 148 cm³/mol. The Labute approximate surface area is 232 Å². The van der Waals surface area contributed by atoms with Crippen LogP contribution in [0.3, 0.4) is 0 Å². The number of hydrogen-bond acceptors (Lipinski definition) is 10. The van der Waals surface area contributed by atoms with Crippen molar-refractivity contribution in [1.82, 2.24) is 29.7 Å². The standard InChI is InChI=1S/C29H18N10O2/c30-17-20-18-35-39(28-31-12-6-13-32-28)26(20)38-37-23-16-19-8-4-5-11-22(19)24(25(23)41-29-33-14-7-15-34-29)27(40)36-21-9-2-1-3-10-21/h1-16,18H,(H,36,40). The molecule has 3 aromatic carbocycles. The highest BCUT2D eigenvalue weighted by atomic mass is 16.5. The summed E-state index contributed by atoms with van der Waals surface area (Å²) in [4.78, 5) is 30.5. The molecule has 0 saturated carbocycles. The lowest BCUT2D eigenvalue weighted by molar-refractivity contribution is 0.102. The van der Waals surface area contributed by atoms with E-state index in [0.29, 0.717) is 16.5 Å². The van der Waals surface area contributed by atoms with E-state index >= 15 is 0 Å². The van der Waals surface area contributed by atoms with E-state index in [4.69, 9.17) is 4.74 Å². The van der Waals surface area contributed by atoms with E-state index < -0.39 is 5.91 Å². The predicted octanol–water partition coefficient (Wildman–Crippen LogP) is 5.94. The maximum absolute atomic E-state index is 13.8. The number of carbonyl (C=O) groups excluding carboxylic acids is 1. The summed E-state index contributed by atoms with van der Waals surface area (Å²) in [7, 11) is 0. The van der Waals surface area contributed by atoms with Crippen LogP contribution >= 0.6 is 0 Å². The average Bonchev–Trinajstić information content (AvgIpc) is 3.44. The van der Waals surface area contributed by atoms with E-state index in [1.807, 2.05) is 42.5 Å². The fraction of sp³-hybridized carbons (Fsp3) is 0. The number of fused-ring (bicyclic) bond motifs is 1. The number of aromatic nitrogens is 6. The zero-order valence-electron chi connectivity index (χ0n) is 21.2. The van der Waals surface area contributed by atoms with Gasteiger partial charge in [0, 0.05) is 30.5 Å². The van der Waals surface area contributed by atoms with Gasteiger partial charge < -0.3 is 10.1 Å². The molecule has 0 unspecified atom stereocenters. The van der Waals surface area contributed by atoms with Crippen LogP contribution < -0.4 is 10.1 Å². The van der Waals surface area contributed by atoms with Gasteiger partial charge in [0.15, 0.2) is 11.6 Å². The second kappa shape index (κ2) is 11.2. The molecule has 1 amide bonds. The molecule has 0 saturated heterocycles. The number of rotatable bonds is 7. The average molecular weight is 539 g/mol. The van der Waals surface area contributed by atoms with Crippen molar-refractivity contribution in [1.29, 1.82) is 5.26 Å². The molecule has 0 aliphatic heterocycles. The van der Waals surface area contributed by atoms with Crippen LogP contribution in [-0.4, -0.2) is 35.6 Å². The topological polar surface area (TPSA) is 156 Å². The Hall–Kier alpha value is -6.35. The Morgan fingerprint density at radius 2 is 1.59 bits per heavy atom. The Balaban J connectivity index is 1.53. The van der Waals surface area contributed by atoms with Crippen molar-refractivity contribution in [2.45, 2.75) is 0 Å². The minimum absolute atomic E-state index is 0.00781. The summed E-state index contributed by atoms with van der Waals surface area (Å²) in [6, 6.07) is 23.5. The zero-order chi connectivity index (χ0) is 28.0. The lowest BCUT2D eigenvalue weighted by Gasteiger charge is -2.15. The van der Waals surface area contributed by atoms with Gasteiger partial charge in [0.05, 0.1) is 11.8 Å². The summed E-state index contributed by atoms with van der Waals surface area (Å²) in [5.74, 6) is -0.0500. The second-order valence-corrected chi connectivity index (χ2v) is 8.43. The monoisotopic (exact) mass is 538 g/mol. The smallest absolute Gasteiger partial charge is 0.321 e. The highest BCUT2D eigenvalue weighted by Crippen LogP contribution is 2.41. The molecular formula is C29H18N10O2. The first-order valence-electron chi connectivity index (χ1n) is 12.3. The normalized spacial score (nSPS) is 10.9. The van der Waals surface area contributed by atoms with Crippen LogP contribution in [0.2, 0.25) is 0 Å². The Bertz CT molecular complexity index is 1920. The van der Waals surface area contributed by atoms with Gasteiger partial charge in [0.25, 0.3) is 11.9 Å². The number of carbonyl (C=O) groups is 1. The molecule has 12 heteroatoms. The van der Waals surface area contributed by atoms with Gasteiger partial charge >= 0.3 is 6.01 Å². The largest absolute Gasteiger partial charge is 0.421 e. The number of nitrogens with one attached hydrogen (secondary N) is 1. The van der Waals surface area contributed by atoms with Crippen molar-refractivity contribution in [2.24, 2.45) is 10.2 Å². The molecule has 3 aromatic heterocycles. The third-order valence-electron chi connectivity index (χ3n) is 5.83. The molecule has 0 radical (unpaired) electrons. The van der Waals surface area contributed by atoms with Crippen molar-refractivity contribution in [2.75, 3.05) is 5.32 Å². The molecule has 196 valence electrons. The molecule has 1 N–H and O–H groups in total. The number of nitriles is 1. The maximum Gasteiger partial charge on any atom is 0.321 e. The summed E-state index contributed by atoms with van der Waals surface area (Å²) >= 11 is 0. The van der Waals surface area contributed by atoms with Gasteiger partial charge in [0.1, 0.15) is 17.3 Å². The molecule has 6 rings (SSSR count). The Morgan fingerprint density at radius 3 is 2.34 bits per heavy atom. The van der Waals surface area contributed by atoms with Gasteiger partial charge in [-0.25, -0.2) is 19.9 Å². The Morgan fingerprint density at radius 1 is 0.878 bits per heavy atom. The van der Waals surface area contributed by atoms with E-state index in [2.05, 4.69) is 46.6 Å². The lowest BCUT2D eigenvalue weighted by atomic mass is 10.0. The van der Waals surface area contributed by atoms with Crippen molar-refractivity contribution >= 4 is 33.9 Å². The fourth-order valence-electron chi connectivity index (χ4n) is 4.03. The molecule has 0 bridgehead atoms. The van der Waals surface area contributed by atoms with Gasteiger partial charge in [-0.1, -0.05) is 42.5 Å². The van der Waals surface area contributed by atoms with E-state index in [1.54, 1.807) is 42.7 Å². The van der Waals surface area contributed by atoms with Gasteiger partial charge in [-0.15, -0.1) is 10.2 Å². The van der Waals surface area contributed by atoms with Crippen molar-refractivity contribution in [3.8, 4) is 23.8 Å². The van der Waals surface area contributed by atoms with Crippen LogP contribution in [0.1, 0.15) is 15.9 Å². The number of ether oxygens (including phenoxy) is 1. The summed E-state index contributed by atoms with van der Waals surface area (Å²) in [6.45, 7) is 0.